The monoisotopic (exact) mass is 310 g/mol. The maximum atomic E-state index is 12.8. The van der Waals surface area contributed by atoms with Gasteiger partial charge in [-0.2, -0.15) is 4.31 Å². The molecule has 1 N–H and O–H groups in total. The van der Waals surface area contributed by atoms with Gasteiger partial charge in [-0.15, -0.1) is 0 Å². The van der Waals surface area contributed by atoms with Gasteiger partial charge in [-0.25, -0.2) is 18.4 Å². The first kappa shape index (κ1) is 14.7. The number of hydrogen-bond acceptors (Lipinski definition) is 5. The average Bonchev–Trinajstić information content (AvgIpc) is 3.17. The number of anilines is 1. The van der Waals surface area contributed by atoms with Gasteiger partial charge in [-0.1, -0.05) is 12.8 Å². The van der Waals surface area contributed by atoms with Gasteiger partial charge in [0.05, 0.1) is 12.4 Å². The normalized spacial score (nSPS) is 24.5. The van der Waals surface area contributed by atoms with Crippen molar-refractivity contribution in [1.29, 1.82) is 0 Å². The lowest BCUT2D eigenvalue weighted by Crippen LogP contribution is -2.39. The lowest BCUT2D eigenvalue weighted by molar-refractivity contribution is 0.288. The van der Waals surface area contributed by atoms with Crippen LogP contribution in [-0.4, -0.2) is 42.3 Å². The molecule has 0 radical (unpaired) electrons. The predicted octanol–water partition coefficient (Wildman–Crippen LogP) is 1.86. The van der Waals surface area contributed by atoms with Crippen LogP contribution >= 0.6 is 0 Å². The Hall–Kier alpha value is -1.21. The van der Waals surface area contributed by atoms with E-state index in [1.807, 2.05) is 0 Å². The topological polar surface area (TPSA) is 75.2 Å². The van der Waals surface area contributed by atoms with Gasteiger partial charge < -0.3 is 5.32 Å². The highest BCUT2D eigenvalue weighted by Gasteiger charge is 2.40. The molecule has 1 aliphatic carbocycles. The Morgan fingerprint density at radius 3 is 2.43 bits per heavy atom. The van der Waals surface area contributed by atoms with E-state index in [-0.39, 0.29) is 10.9 Å². The second-order valence-electron chi connectivity index (χ2n) is 5.86. The third-order valence-electron chi connectivity index (χ3n) is 4.65. The zero-order valence-electron chi connectivity index (χ0n) is 12.3. The third kappa shape index (κ3) is 2.76. The van der Waals surface area contributed by atoms with Gasteiger partial charge in [-0.05, 0) is 31.6 Å². The summed E-state index contributed by atoms with van der Waals surface area (Å²) < 4.78 is 27.3. The second-order valence-corrected chi connectivity index (χ2v) is 7.75. The molecule has 1 unspecified atom stereocenters. The van der Waals surface area contributed by atoms with Crippen molar-refractivity contribution in [3.63, 3.8) is 0 Å². The Labute approximate surface area is 126 Å². The summed E-state index contributed by atoms with van der Waals surface area (Å²) in [6.07, 6.45) is 9.52. The van der Waals surface area contributed by atoms with Gasteiger partial charge in [-0.3, -0.25) is 0 Å². The number of nitrogens with one attached hydrogen (secondary N) is 1. The molecule has 1 atom stereocenters. The summed E-state index contributed by atoms with van der Waals surface area (Å²) in [6.45, 7) is 0.622. The minimum atomic E-state index is -3.47. The molecule has 116 valence electrons. The van der Waals surface area contributed by atoms with E-state index in [4.69, 9.17) is 0 Å². The molecule has 2 fully saturated rings. The Morgan fingerprint density at radius 2 is 1.81 bits per heavy atom. The van der Waals surface area contributed by atoms with E-state index < -0.39 is 10.0 Å². The lowest BCUT2D eigenvalue weighted by atomic mass is 9.97. The van der Waals surface area contributed by atoms with E-state index in [1.165, 1.54) is 25.2 Å². The number of nitrogens with zero attached hydrogens (tertiary/aromatic N) is 3. The maximum Gasteiger partial charge on any atom is 0.246 e. The van der Waals surface area contributed by atoms with Crippen molar-refractivity contribution in [1.82, 2.24) is 14.3 Å². The molecule has 1 saturated heterocycles. The Balaban J connectivity index is 1.85. The highest BCUT2D eigenvalue weighted by Crippen LogP contribution is 2.37. The molecule has 0 spiro atoms. The first-order chi connectivity index (χ1) is 10.1. The van der Waals surface area contributed by atoms with Crippen LogP contribution in [0.3, 0.4) is 0 Å². The number of hydrogen-bond donors (Lipinski definition) is 1. The fourth-order valence-corrected chi connectivity index (χ4v) is 5.24. The van der Waals surface area contributed by atoms with Crippen LogP contribution in [-0.2, 0) is 10.0 Å². The van der Waals surface area contributed by atoms with E-state index in [9.17, 15) is 8.42 Å². The lowest BCUT2D eigenvalue weighted by Gasteiger charge is -2.28. The molecule has 2 aliphatic rings. The zero-order valence-corrected chi connectivity index (χ0v) is 13.1. The summed E-state index contributed by atoms with van der Waals surface area (Å²) in [5.41, 5.74) is 0. The van der Waals surface area contributed by atoms with Crippen LogP contribution in [0.5, 0.6) is 0 Å². The summed E-state index contributed by atoms with van der Waals surface area (Å²) in [5.74, 6) is 0.961. The Morgan fingerprint density at radius 1 is 1.14 bits per heavy atom. The number of rotatable bonds is 4. The predicted molar refractivity (Wildman–Crippen MR) is 80.5 cm³/mol. The Bertz CT molecular complexity index is 581. The quantitative estimate of drug-likeness (QED) is 0.918. The van der Waals surface area contributed by atoms with Crippen molar-refractivity contribution < 1.29 is 8.42 Å². The van der Waals surface area contributed by atoms with E-state index in [2.05, 4.69) is 15.3 Å². The largest absolute Gasteiger partial charge is 0.357 e. The smallest absolute Gasteiger partial charge is 0.246 e. The van der Waals surface area contributed by atoms with Gasteiger partial charge in [0.2, 0.25) is 16.0 Å². The van der Waals surface area contributed by atoms with E-state index in [0.717, 1.165) is 25.7 Å². The van der Waals surface area contributed by atoms with Gasteiger partial charge in [0.15, 0.2) is 0 Å². The minimum Gasteiger partial charge on any atom is -0.357 e. The van der Waals surface area contributed by atoms with Crippen molar-refractivity contribution in [2.24, 2.45) is 5.92 Å². The van der Waals surface area contributed by atoms with Crippen LogP contribution in [0.25, 0.3) is 0 Å². The first-order valence-corrected chi connectivity index (χ1v) is 9.08. The summed E-state index contributed by atoms with van der Waals surface area (Å²) in [6, 6.07) is 0.168. The molecule has 21 heavy (non-hydrogen) atoms. The van der Waals surface area contributed by atoms with Crippen molar-refractivity contribution in [3.05, 3.63) is 12.4 Å². The highest BCUT2D eigenvalue weighted by atomic mass is 32.2. The van der Waals surface area contributed by atoms with Crippen molar-refractivity contribution in [2.45, 2.75) is 49.5 Å². The molecule has 7 heteroatoms. The number of aromatic nitrogens is 2. The minimum absolute atomic E-state index is 0.168. The summed E-state index contributed by atoms with van der Waals surface area (Å²) in [5, 5.41) is 2.80. The van der Waals surface area contributed by atoms with E-state index in [1.54, 1.807) is 11.4 Å². The van der Waals surface area contributed by atoms with Crippen LogP contribution in [0.2, 0.25) is 0 Å². The second kappa shape index (κ2) is 5.88. The first-order valence-electron chi connectivity index (χ1n) is 7.64. The molecule has 1 aromatic heterocycles. The van der Waals surface area contributed by atoms with Crippen LogP contribution in [0.15, 0.2) is 17.3 Å². The molecular formula is C14H22N4O2S. The SMILES string of the molecule is CNc1ncc(S(=O)(=O)N2CCCC2C2CCCC2)cn1. The summed E-state index contributed by atoms with van der Waals surface area (Å²) in [7, 11) is -1.76. The standard InChI is InChI=1S/C14H22N4O2S/c1-15-14-16-9-12(10-17-14)21(19,20)18-8-4-7-13(18)11-5-2-3-6-11/h9-11,13H,2-8H2,1H3,(H,15,16,17). The molecule has 6 nitrogen and oxygen atoms in total. The van der Waals surface area contributed by atoms with Crippen molar-refractivity contribution in [3.8, 4) is 0 Å². The van der Waals surface area contributed by atoms with Crippen LogP contribution in [0, 0.1) is 5.92 Å². The molecule has 0 aromatic carbocycles. The molecule has 1 aromatic rings. The van der Waals surface area contributed by atoms with Crippen LogP contribution in [0.4, 0.5) is 5.95 Å². The van der Waals surface area contributed by atoms with E-state index in [0.29, 0.717) is 18.4 Å². The summed E-state index contributed by atoms with van der Waals surface area (Å²) in [4.78, 5) is 8.26. The van der Waals surface area contributed by atoms with Crippen LogP contribution < -0.4 is 5.32 Å². The molecule has 2 heterocycles. The average molecular weight is 310 g/mol. The highest BCUT2D eigenvalue weighted by molar-refractivity contribution is 7.89. The van der Waals surface area contributed by atoms with Gasteiger partial charge >= 0.3 is 0 Å². The molecule has 0 bridgehead atoms. The molecular weight excluding hydrogens is 288 g/mol. The van der Waals surface area contributed by atoms with E-state index >= 15 is 0 Å². The third-order valence-corrected chi connectivity index (χ3v) is 6.53. The van der Waals surface area contributed by atoms with Crippen LogP contribution in [0.1, 0.15) is 38.5 Å². The van der Waals surface area contributed by atoms with Crippen molar-refractivity contribution >= 4 is 16.0 Å². The fraction of sp³-hybridized carbons (Fsp3) is 0.714. The number of sulfonamides is 1. The van der Waals surface area contributed by atoms with Gasteiger partial charge in [0.25, 0.3) is 0 Å². The zero-order chi connectivity index (χ0) is 14.9. The fourth-order valence-electron chi connectivity index (χ4n) is 3.59. The van der Waals surface area contributed by atoms with Crippen molar-refractivity contribution in [2.75, 3.05) is 18.9 Å². The van der Waals surface area contributed by atoms with Gasteiger partial charge in [0, 0.05) is 19.6 Å². The van der Waals surface area contributed by atoms with Gasteiger partial charge in [0.1, 0.15) is 4.90 Å². The molecule has 3 rings (SSSR count). The Kier molecular flexibility index (Phi) is 4.12. The maximum absolute atomic E-state index is 12.8. The molecule has 1 saturated carbocycles. The molecule has 1 aliphatic heterocycles. The summed E-state index contributed by atoms with van der Waals surface area (Å²) >= 11 is 0. The molecule has 0 amide bonds.